The van der Waals surface area contributed by atoms with Crippen molar-refractivity contribution in [3.8, 4) is 0 Å². The molecule has 7 heteroatoms. The lowest BCUT2D eigenvalue weighted by molar-refractivity contribution is -0.120. The molecule has 0 spiro atoms. The van der Waals surface area contributed by atoms with Gasteiger partial charge in [0.1, 0.15) is 11.6 Å². The van der Waals surface area contributed by atoms with Gasteiger partial charge in [-0.2, -0.15) is 0 Å². The maximum absolute atomic E-state index is 13.3. The first-order valence-corrected chi connectivity index (χ1v) is 9.14. The maximum Gasteiger partial charge on any atom is 0.251 e. The number of rotatable bonds is 6. The van der Waals surface area contributed by atoms with Gasteiger partial charge in [0.15, 0.2) is 0 Å². The number of hydrogen-bond acceptors (Lipinski definition) is 2. The molecule has 1 atom stereocenters. The molecule has 0 heterocycles. The van der Waals surface area contributed by atoms with E-state index in [4.69, 9.17) is 11.6 Å². The molecule has 148 valence electrons. The van der Waals surface area contributed by atoms with Crippen molar-refractivity contribution < 1.29 is 18.4 Å². The Hall–Kier alpha value is -3.25. The summed E-state index contributed by atoms with van der Waals surface area (Å²) in [6, 6.07) is 18.4. The number of benzene rings is 3. The average molecular weight is 415 g/mol. The molecule has 0 saturated carbocycles. The Kier molecular flexibility index (Phi) is 6.57. The third-order valence-corrected chi connectivity index (χ3v) is 4.43. The Morgan fingerprint density at radius 2 is 1.45 bits per heavy atom. The van der Waals surface area contributed by atoms with E-state index in [-0.39, 0.29) is 12.1 Å². The maximum atomic E-state index is 13.3. The minimum absolute atomic E-state index is 0.201. The number of carbonyl (C=O) groups excluding carboxylic acids is 2. The van der Waals surface area contributed by atoms with Gasteiger partial charge in [-0.3, -0.25) is 9.59 Å². The van der Waals surface area contributed by atoms with Crippen LogP contribution in [0.25, 0.3) is 0 Å². The van der Waals surface area contributed by atoms with Crippen molar-refractivity contribution in [3.05, 3.63) is 106 Å². The van der Waals surface area contributed by atoms with Crippen molar-refractivity contribution >= 4 is 23.4 Å². The topological polar surface area (TPSA) is 58.2 Å². The summed E-state index contributed by atoms with van der Waals surface area (Å²) in [6.07, 6.45) is 0. The zero-order valence-electron chi connectivity index (χ0n) is 15.2. The molecular weight excluding hydrogens is 398 g/mol. The molecule has 3 rings (SSSR count). The number of nitrogens with one attached hydrogen (secondary N) is 2. The van der Waals surface area contributed by atoms with Crippen LogP contribution in [0.4, 0.5) is 8.78 Å². The van der Waals surface area contributed by atoms with E-state index in [1.165, 1.54) is 0 Å². The van der Waals surface area contributed by atoms with Gasteiger partial charge in [-0.25, -0.2) is 8.78 Å². The minimum Gasteiger partial charge on any atom is -0.344 e. The second kappa shape index (κ2) is 9.30. The van der Waals surface area contributed by atoms with Gasteiger partial charge in [0, 0.05) is 16.7 Å². The lowest BCUT2D eigenvalue weighted by Gasteiger charge is -2.20. The van der Waals surface area contributed by atoms with Crippen molar-refractivity contribution in [2.45, 2.75) is 6.04 Å². The van der Waals surface area contributed by atoms with Crippen LogP contribution < -0.4 is 10.6 Å². The van der Waals surface area contributed by atoms with Gasteiger partial charge in [0.05, 0.1) is 12.6 Å². The highest BCUT2D eigenvalue weighted by atomic mass is 35.5. The molecule has 0 bridgehead atoms. The zero-order valence-corrected chi connectivity index (χ0v) is 15.9. The van der Waals surface area contributed by atoms with Crippen molar-refractivity contribution in [1.82, 2.24) is 10.6 Å². The fraction of sp³-hybridized carbons (Fsp3) is 0.0909. The van der Waals surface area contributed by atoms with Gasteiger partial charge in [-0.05, 0) is 35.4 Å². The predicted octanol–water partition coefficient (Wildman–Crippen LogP) is 4.25. The van der Waals surface area contributed by atoms with Crippen LogP contribution in [0.15, 0.2) is 72.8 Å². The number of halogens is 3. The fourth-order valence-electron chi connectivity index (χ4n) is 2.82. The summed E-state index contributed by atoms with van der Waals surface area (Å²) in [5, 5.41) is 5.79. The summed E-state index contributed by atoms with van der Waals surface area (Å²) in [4.78, 5) is 24.5. The van der Waals surface area contributed by atoms with Gasteiger partial charge in [0.2, 0.25) is 5.91 Å². The number of carbonyl (C=O) groups is 2. The normalized spacial score (nSPS) is 11.6. The summed E-state index contributed by atoms with van der Waals surface area (Å²) in [6.45, 7) is -0.353. The first kappa shape index (κ1) is 20.5. The van der Waals surface area contributed by atoms with Gasteiger partial charge >= 0.3 is 0 Å². The van der Waals surface area contributed by atoms with E-state index in [9.17, 15) is 18.4 Å². The molecule has 0 saturated heterocycles. The average Bonchev–Trinajstić information content (AvgIpc) is 2.71. The molecule has 0 aromatic heterocycles. The highest BCUT2D eigenvalue weighted by Gasteiger charge is 2.18. The first-order chi connectivity index (χ1) is 13.9. The van der Waals surface area contributed by atoms with Crippen LogP contribution in [0.5, 0.6) is 0 Å². The van der Waals surface area contributed by atoms with Crippen molar-refractivity contribution in [2.24, 2.45) is 0 Å². The summed E-state index contributed by atoms with van der Waals surface area (Å²) < 4.78 is 26.5. The molecule has 4 nitrogen and oxygen atoms in total. The van der Waals surface area contributed by atoms with Crippen molar-refractivity contribution in [1.29, 1.82) is 0 Å². The Morgan fingerprint density at radius 1 is 0.862 bits per heavy atom. The van der Waals surface area contributed by atoms with Crippen molar-refractivity contribution in [3.63, 3.8) is 0 Å². The second-order valence-electron chi connectivity index (χ2n) is 6.30. The standard InChI is InChI=1S/C22H17ClF2N2O2/c23-17-8-6-15(7-9-17)21(14-4-2-1-3-5-14)27-20(28)13-26-22(29)16-10-18(24)12-19(25)11-16/h1-12,21H,13H2,(H,26,29)(H,27,28). The van der Waals surface area contributed by atoms with Crippen LogP contribution in [0.2, 0.25) is 5.02 Å². The number of amides is 2. The van der Waals surface area contributed by atoms with E-state index in [1.807, 2.05) is 30.3 Å². The molecule has 29 heavy (non-hydrogen) atoms. The molecule has 3 aromatic rings. The van der Waals surface area contributed by atoms with Crippen LogP contribution >= 0.6 is 11.6 Å². The van der Waals surface area contributed by atoms with Crippen LogP contribution in [0.1, 0.15) is 27.5 Å². The predicted molar refractivity (Wildman–Crippen MR) is 107 cm³/mol. The molecular formula is C22H17ClF2N2O2. The summed E-state index contributed by atoms with van der Waals surface area (Å²) in [5.41, 5.74) is 1.46. The molecule has 0 fully saturated rings. The summed E-state index contributed by atoms with van der Waals surface area (Å²) >= 11 is 5.94. The van der Waals surface area contributed by atoms with E-state index in [0.717, 1.165) is 23.3 Å². The van der Waals surface area contributed by atoms with Gasteiger partial charge in [-0.1, -0.05) is 54.1 Å². The monoisotopic (exact) mass is 414 g/mol. The smallest absolute Gasteiger partial charge is 0.251 e. The highest BCUT2D eigenvalue weighted by molar-refractivity contribution is 6.30. The first-order valence-electron chi connectivity index (χ1n) is 8.76. The second-order valence-corrected chi connectivity index (χ2v) is 6.74. The SMILES string of the molecule is O=C(CNC(=O)c1cc(F)cc(F)c1)NC(c1ccccc1)c1ccc(Cl)cc1. The van der Waals surface area contributed by atoms with E-state index < -0.39 is 29.5 Å². The Labute approximate surface area is 171 Å². The molecule has 0 aliphatic rings. The molecule has 2 amide bonds. The van der Waals surface area contributed by atoms with E-state index >= 15 is 0 Å². The molecule has 1 unspecified atom stereocenters. The van der Waals surface area contributed by atoms with Crippen LogP contribution in [0, 0.1) is 11.6 Å². The van der Waals surface area contributed by atoms with E-state index in [1.54, 1.807) is 24.3 Å². The third kappa shape index (κ3) is 5.62. The van der Waals surface area contributed by atoms with Crippen molar-refractivity contribution in [2.75, 3.05) is 6.54 Å². The Balaban J connectivity index is 1.70. The molecule has 2 N–H and O–H groups in total. The largest absolute Gasteiger partial charge is 0.344 e. The lowest BCUT2D eigenvalue weighted by Crippen LogP contribution is -2.39. The van der Waals surface area contributed by atoms with Crippen LogP contribution in [-0.4, -0.2) is 18.4 Å². The highest BCUT2D eigenvalue weighted by Crippen LogP contribution is 2.23. The molecule has 3 aromatic carbocycles. The Morgan fingerprint density at radius 3 is 2.07 bits per heavy atom. The van der Waals surface area contributed by atoms with Gasteiger partial charge < -0.3 is 10.6 Å². The van der Waals surface area contributed by atoms with Crippen LogP contribution in [0.3, 0.4) is 0 Å². The van der Waals surface area contributed by atoms with E-state index in [2.05, 4.69) is 10.6 Å². The summed E-state index contributed by atoms with van der Waals surface area (Å²) in [7, 11) is 0. The molecule has 0 aliphatic heterocycles. The zero-order chi connectivity index (χ0) is 20.8. The van der Waals surface area contributed by atoms with Gasteiger partial charge in [0.25, 0.3) is 5.91 Å². The molecule has 0 radical (unpaired) electrons. The van der Waals surface area contributed by atoms with Crippen LogP contribution in [-0.2, 0) is 4.79 Å². The number of hydrogen-bond donors (Lipinski definition) is 2. The molecule has 0 aliphatic carbocycles. The quantitative estimate of drug-likeness (QED) is 0.633. The third-order valence-electron chi connectivity index (χ3n) is 4.18. The van der Waals surface area contributed by atoms with E-state index in [0.29, 0.717) is 11.1 Å². The minimum atomic E-state index is -0.869. The Bertz CT molecular complexity index is 991. The fourth-order valence-corrected chi connectivity index (χ4v) is 2.95. The summed E-state index contributed by atoms with van der Waals surface area (Å²) in [5.74, 6) is -2.95. The lowest BCUT2D eigenvalue weighted by atomic mass is 9.98. The van der Waals surface area contributed by atoms with Gasteiger partial charge in [-0.15, -0.1) is 0 Å².